The van der Waals surface area contributed by atoms with Crippen LogP contribution in [0.15, 0.2) is 82.4 Å². The number of ether oxygens (including phenoxy) is 2. The van der Waals surface area contributed by atoms with Crippen LogP contribution in [0.1, 0.15) is 36.5 Å². The van der Waals surface area contributed by atoms with Crippen molar-refractivity contribution in [3.8, 4) is 29.3 Å². The van der Waals surface area contributed by atoms with E-state index in [2.05, 4.69) is 11.1 Å². The monoisotopic (exact) mass is 598 g/mol. The van der Waals surface area contributed by atoms with E-state index in [1.54, 1.807) is 44.2 Å². The van der Waals surface area contributed by atoms with Crippen molar-refractivity contribution in [3.63, 3.8) is 0 Å². The minimum absolute atomic E-state index is 0.0252. The van der Waals surface area contributed by atoms with Gasteiger partial charge in [-0.3, -0.25) is 0 Å². The van der Waals surface area contributed by atoms with Gasteiger partial charge in [0.15, 0.2) is 0 Å². The van der Waals surface area contributed by atoms with Gasteiger partial charge in [-0.2, -0.15) is 15.8 Å². The third-order valence-corrected chi connectivity index (χ3v) is 6.99. The van der Waals surface area contributed by atoms with Crippen molar-refractivity contribution >= 4 is 23.5 Å². The van der Waals surface area contributed by atoms with Gasteiger partial charge in [0.2, 0.25) is 5.88 Å². The second-order valence-electron chi connectivity index (χ2n) is 8.66. The summed E-state index contributed by atoms with van der Waals surface area (Å²) in [5.41, 5.74) is 13.6. The summed E-state index contributed by atoms with van der Waals surface area (Å²) < 4.78 is 24.7. The number of carbonyl (C=O) groups excluding carboxylic acids is 1. The molecule has 1 aliphatic heterocycles. The molecule has 0 bridgehead atoms. The van der Waals surface area contributed by atoms with Gasteiger partial charge >= 0.3 is 5.97 Å². The first-order valence-corrected chi connectivity index (χ1v) is 13.9. The smallest absolute Gasteiger partial charge is 0.338 e. The summed E-state index contributed by atoms with van der Waals surface area (Å²) >= 11 is 1.02. The number of nitrogens with two attached hydrogens (primary N) is 2. The Labute approximate surface area is 252 Å². The Morgan fingerprint density at radius 2 is 1.67 bits per heavy atom. The van der Waals surface area contributed by atoms with E-state index in [0.717, 1.165) is 11.8 Å². The van der Waals surface area contributed by atoms with E-state index in [1.165, 1.54) is 24.3 Å². The summed E-state index contributed by atoms with van der Waals surface area (Å²) in [5.74, 6) is -2.25. The summed E-state index contributed by atoms with van der Waals surface area (Å²) in [5, 5.41) is 37.4. The lowest BCUT2D eigenvalue weighted by atomic mass is 9.83. The van der Waals surface area contributed by atoms with Crippen LogP contribution in [-0.4, -0.2) is 35.0 Å². The lowest BCUT2D eigenvalue weighted by Crippen LogP contribution is -2.27. The van der Waals surface area contributed by atoms with Gasteiger partial charge in [-0.25, -0.2) is 14.2 Å². The summed E-state index contributed by atoms with van der Waals surface area (Å²) in [6.07, 6.45) is 0. The Hall–Kier alpha value is -5.35. The van der Waals surface area contributed by atoms with Crippen molar-refractivity contribution in [1.29, 1.82) is 15.8 Å². The molecule has 12 heteroatoms. The molecule has 0 radical (unpaired) electrons. The molecule has 0 aliphatic carbocycles. The number of rotatable bonds is 7. The normalized spacial score (nSPS) is 13.9. The zero-order valence-corrected chi connectivity index (χ0v) is 24.1. The van der Waals surface area contributed by atoms with Crippen LogP contribution in [0.5, 0.6) is 0 Å². The zero-order chi connectivity index (χ0) is 31.5. The van der Waals surface area contributed by atoms with Crippen LogP contribution in [0.2, 0.25) is 0 Å². The number of pyridine rings is 1. The second-order valence-corrected chi connectivity index (χ2v) is 9.62. The summed E-state index contributed by atoms with van der Waals surface area (Å²) in [6.45, 7) is 3.67. The minimum Gasteiger partial charge on any atom is -0.463 e. The number of thioether (sulfide) groups is 1. The molecule has 1 aromatic heterocycles. The Bertz CT molecular complexity index is 1690. The van der Waals surface area contributed by atoms with Crippen molar-refractivity contribution in [2.24, 2.45) is 5.73 Å². The number of nitrogen functional groups attached to an aromatic ring is 1. The number of benzene rings is 2. The predicted molar refractivity (Wildman–Crippen MR) is 158 cm³/mol. The Kier molecular flexibility index (Phi) is 11.3. The number of hydrogen-bond acceptors (Lipinski definition) is 11. The highest BCUT2D eigenvalue weighted by molar-refractivity contribution is 7.99. The summed E-state index contributed by atoms with van der Waals surface area (Å²) in [7, 11) is 0. The molecule has 0 spiro atoms. The van der Waals surface area contributed by atoms with Crippen LogP contribution < -0.4 is 11.5 Å². The fourth-order valence-electron chi connectivity index (χ4n) is 4.28. The predicted octanol–water partition coefficient (Wildman–Crippen LogP) is 4.63. The largest absolute Gasteiger partial charge is 0.463 e. The maximum atomic E-state index is 13.6. The van der Waals surface area contributed by atoms with Gasteiger partial charge in [0.25, 0.3) is 0 Å². The van der Waals surface area contributed by atoms with Gasteiger partial charge in [0.05, 0.1) is 29.4 Å². The van der Waals surface area contributed by atoms with Gasteiger partial charge in [0.1, 0.15) is 51.8 Å². The number of halogens is 1. The maximum absolute atomic E-state index is 13.6. The number of aliphatic hydroxyl groups is 1. The number of aliphatic hydroxyl groups excluding tert-OH is 1. The molecule has 1 aliphatic rings. The molecular weight excluding hydrogens is 571 g/mol. The van der Waals surface area contributed by atoms with E-state index in [-0.39, 0.29) is 69.3 Å². The van der Waals surface area contributed by atoms with E-state index in [1.807, 2.05) is 12.1 Å². The second kappa shape index (κ2) is 15.0. The third kappa shape index (κ3) is 7.11. The molecule has 2 heterocycles. The highest BCUT2D eigenvalue weighted by atomic mass is 32.2. The molecule has 4 rings (SSSR count). The quantitative estimate of drug-likeness (QED) is 0.254. The Morgan fingerprint density at radius 3 is 2.23 bits per heavy atom. The standard InChI is InChI=1S/C29H21FN6O3S.C2H6O/c1-2-38-29(37)25-22(39-27(35)20(13-32)24(25)16-6-4-3-5-7-16)15-40-28-21(14-33)23(19(12-31)26(34)36-28)17-8-10-18(30)11-9-17;1-2-3/h3-11,24H,2,15,35H2,1H3,(H2,34,36);3H,2H2,1H3. The van der Waals surface area contributed by atoms with Gasteiger partial charge in [-0.1, -0.05) is 54.2 Å². The van der Waals surface area contributed by atoms with E-state index in [9.17, 15) is 25.0 Å². The molecule has 10 nitrogen and oxygen atoms in total. The van der Waals surface area contributed by atoms with Crippen LogP contribution in [-0.2, 0) is 14.3 Å². The molecule has 218 valence electrons. The average Bonchev–Trinajstić information content (AvgIpc) is 3.00. The molecule has 0 amide bonds. The van der Waals surface area contributed by atoms with Crippen molar-refractivity contribution in [1.82, 2.24) is 4.98 Å². The van der Waals surface area contributed by atoms with Gasteiger partial charge < -0.3 is 26.0 Å². The molecule has 43 heavy (non-hydrogen) atoms. The number of aromatic nitrogens is 1. The lowest BCUT2D eigenvalue weighted by Gasteiger charge is -2.28. The third-order valence-electron chi connectivity index (χ3n) is 6.01. The van der Waals surface area contributed by atoms with Gasteiger partial charge in [-0.05, 0) is 37.1 Å². The highest BCUT2D eigenvalue weighted by Crippen LogP contribution is 2.42. The van der Waals surface area contributed by atoms with Crippen LogP contribution in [0.4, 0.5) is 10.2 Å². The summed E-state index contributed by atoms with van der Waals surface area (Å²) in [4.78, 5) is 17.5. The molecular formula is C31H27FN6O4S. The molecule has 0 saturated carbocycles. The van der Waals surface area contributed by atoms with Crippen molar-refractivity contribution < 1.29 is 23.8 Å². The topological polar surface area (TPSA) is 192 Å². The number of allylic oxidation sites excluding steroid dienone is 1. The van der Waals surface area contributed by atoms with Crippen LogP contribution in [0.3, 0.4) is 0 Å². The number of nitrogens with zero attached hydrogens (tertiary/aromatic N) is 4. The minimum atomic E-state index is -0.848. The van der Waals surface area contributed by atoms with E-state index < -0.39 is 17.7 Å². The molecule has 1 atom stereocenters. The van der Waals surface area contributed by atoms with Crippen LogP contribution in [0, 0.1) is 39.8 Å². The SMILES string of the molecule is CCO.CCOC(=O)C1=C(CSc2nc(N)c(C#N)c(-c3ccc(F)cc3)c2C#N)OC(N)=C(C#N)C1c1ccccc1. The highest BCUT2D eigenvalue weighted by Gasteiger charge is 2.37. The van der Waals surface area contributed by atoms with E-state index in [0.29, 0.717) is 11.1 Å². The first-order valence-electron chi connectivity index (χ1n) is 12.9. The summed E-state index contributed by atoms with van der Waals surface area (Å²) in [6, 6.07) is 20.2. The average molecular weight is 599 g/mol. The Balaban J connectivity index is 0.00000162. The van der Waals surface area contributed by atoms with Crippen molar-refractivity contribution in [2.75, 3.05) is 24.7 Å². The number of hydrogen-bond donors (Lipinski definition) is 3. The number of nitriles is 3. The van der Waals surface area contributed by atoms with E-state index in [4.69, 9.17) is 26.0 Å². The van der Waals surface area contributed by atoms with Crippen LogP contribution in [0.25, 0.3) is 11.1 Å². The number of anilines is 1. The first-order chi connectivity index (χ1) is 20.8. The molecule has 5 N–H and O–H groups in total. The van der Waals surface area contributed by atoms with Crippen molar-refractivity contribution in [2.45, 2.75) is 24.8 Å². The molecule has 3 aromatic rings. The fraction of sp³-hybridized carbons (Fsp3) is 0.194. The van der Waals surface area contributed by atoms with Crippen LogP contribution >= 0.6 is 11.8 Å². The Morgan fingerprint density at radius 1 is 1.05 bits per heavy atom. The molecule has 0 fully saturated rings. The molecule has 2 aromatic carbocycles. The lowest BCUT2D eigenvalue weighted by molar-refractivity contribution is -0.139. The van der Waals surface area contributed by atoms with E-state index >= 15 is 0 Å². The molecule has 1 unspecified atom stereocenters. The van der Waals surface area contributed by atoms with Gasteiger partial charge in [0, 0.05) is 12.2 Å². The number of carbonyl (C=O) groups is 1. The fourth-order valence-corrected chi connectivity index (χ4v) is 5.22. The first kappa shape index (κ1) is 32.2. The van der Waals surface area contributed by atoms with Crippen molar-refractivity contribution in [3.05, 3.63) is 99.9 Å². The van der Waals surface area contributed by atoms with Gasteiger partial charge in [-0.15, -0.1) is 0 Å². The molecule has 0 saturated heterocycles. The maximum Gasteiger partial charge on any atom is 0.338 e. The zero-order valence-electron chi connectivity index (χ0n) is 23.3. The number of esters is 1.